The van der Waals surface area contributed by atoms with Gasteiger partial charge in [0, 0.05) is 51.2 Å². The normalized spacial score (nSPS) is 22.3. The summed E-state index contributed by atoms with van der Waals surface area (Å²) < 4.78 is 6.00. The van der Waals surface area contributed by atoms with Crippen LogP contribution in [0.5, 0.6) is 0 Å². The number of likely N-dealkylation sites (tertiary alicyclic amines) is 1. The van der Waals surface area contributed by atoms with Crippen LogP contribution < -0.4 is 10.6 Å². The summed E-state index contributed by atoms with van der Waals surface area (Å²) in [5, 5.41) is 7.07. The Balaban J connectivity index is 0.00000341. The van der Waals surface area contributed by atoms with E-state index < -0.39 is 0 Å². The van der Waals surface area contributed by atoms with E-state index in [-0.39, 0.29) is 36.0 Å². The number of benzene rings is 1. The lowest BCUT2D eigenvalue weighted by molar-refractivity contribution is -0.136. The van der Waals surface area contributed by atoms with Gasteiger partial charge in [-0.2, -0.15) is 0 Å². The summed E-state index contributed by atoms with van der Waals surface area (Å²) in [7, 11) is 1.82. The zero-order valence-electron chi connectivity index (χ0n) is 19.2. The molecule has 2 aliphatic rings. The first-order chi connectivity index (χ1) is 14.7. The van der Waals surface area contributed by atoms with Gasteiger partial charge in [-0.3, -0.25) is 9.79 Å². The molecule has 2 N–H and O–H groups in total. The molecule has 3 rings (SSSR count). The smallest absolute Gasteiger partial charge is 0.225 e. The topological polar surface area (TPSA) is 66.0 Å². The Labute approximate surface area is 204 Å². The van der Waals surface area contributed by atoms with Crippen LogP contribution in [0.4, 0.5) is 0 Å². The van der Waals surface area contributed by atoms with Crippen LogP contribution in [-0.4, -0.2) is 56.1 Å². The van der Waals surface area contributed by atoms with Gasteiger partial charge in [0.2, 0.25) is 5.91 Å². The molecule has 31 heavy (non-hydrogen) atoms. The second-order valence-electron chi connectivity index (χ2n) is 8.46. The predicted octanol–water partition coefficient (Wildman–Crippen LogP) is 3.97. The van der Waals surface area contributed by atoms with Crippen LogP contribution in [0.15, 0.2) is 35.3 Å². The maximum atomic E-state index is 12.6. The van der Waals surface area contributed by atoms with Crippen molar-refractivity contribution in [2.45, 2.75) is 58.1 Å². The Hall–Kier alpha value is -1.35. The molecule has 2 unspecified atom stereocenters. The molecule has 1 amide bonds. The molecule has 174 valence electrons. The van der Waals surface area contributed by atoms with Crippen LogP contribution in [0, 0.1) is 11.8 Å². The van der Waals surface area contributed by atoms with Crippen molar-refractivity contribution in [3.8, 4) is 0 Å². The summed E-state index contributed by atoms with van der Waals surface area (Å²) >= 11 is 0. The molecule has 0 saturated carbocycles. The molecular weight excluding hydrogens is 503 g/mol. The van der Waals surface area contributed by atoms with E-state index in [1.807, 2.05) is 18.0 Å². The van der Waals surface area contributed by atoms with Gasteiger partial charge in [-0.15, -0.1) is 24.0 Å². The van der Waals surface area contributed by atoms with E-state index >= 15 is 0 Å². The molecule has 2 fully saturated rings. The van der Waals surface area contributed by atoms with Gasteiger partial charge in [0.25, 0.3) is 0 Å². The van der Waals surface area contributed by atoms with Crippen molar-refractivity contribution in [3.05, 3.63) is 35.9 Å². The van der Waals surface area contributed by atoms with Crippen LogP contribution >= 0.6 is 24.0 Å². The number of halogens is 1. The largest absolute Gasteiger partial charge is 0.373 e. The maximum absolute atomic E-state index is 12.6. The Bertz CT molecular complexity index is 688. The summed E-state index contributed by atoms with van der Waals surface area (Å²) in [5.74, 6) is 1.79. The molecule has 0 spiro atoms. The molecule has 2 aliphatic heterocycles. The lowest BCUT2D eigenvalue weighted by Crippen LogP contribution is -2.51. The van der Waals surface area contributed by atoms with E-state index in [0.717, 1.165) is 64.3 Å². The third-order valence-corrected chi connectivity index (χ3v) is 6.58. The van der Waals surface area contributed by atoms with Crippen LogP contribution in [-0.2, 0) is 9.53 Å². The van der Waals surface area contributed by atoms with E-state index in [0.29, 0.717) is 17.9 Å². The second kappa shape index (κ2) is 13.3. The molecule has 0 aromatic heterocycles. The van der Waals surface area contributed by atoms with Crippen molar-refractivity contribution in [2.24, 2.45) is 16.8 Å². The summed E-state index contributed by atoms with van der Waals surface area (Å²) in [6.07, 6.45) is 4.99. The molecule has 2 atom stereocenters. The van der Waals surface area contributed by atoms with Crippen molar-refractivity contribution in [1.82, 2.24) is 15.5 Å². The molecule has 0 bridgehead atoms. The highest BCUT2D eigenvalue weighted by molar-refractivity contribution is 14.0. The number of rotatable bonds is 7. The second-order valence-corrected chi connectivity index (χ2v) is 8.46. The SMILES string of the molecule is CCC(CC)C(=O)N1CCC(NC(=NC)NCC2CCOC2c2ccccc2)CC1.I. The Morgan fingerprint density at radius 2 is 1.84 bits per heavy atom. The van der Waals surface area contributed by atoms with Gasteiger partial charge in [-0.25, -0.2) is 0 Å². The zero-order valence-corrected chi connectivity index (χ0v) is 21.5. The molecule has 2 saturated heterocycles. The molecule has 1 aromatic carbocycles. The third kappa shape index (κ3) is 7.07. The van der Waals surface area contributed by atoms with E-state index in [4.69, 9.17) is 4.74 Å². The highest BCUT2D eigenvalue weighted by Crippen LogP contribution is 2.33. The van der Waals surface area contributed by atoms with E-state index in [9.17, 15) is 4.79 Å². The average molecular weight is 543 g/mol. The fourth-order valence-corrected chi connectivity index (χ4v) is 4.61. The summed E-state index contributed by atoms with van der Waals surface area (Å²) in [5.41, 5.74) is 1.25. The van der Waals surface area contributed by atoms with Crippen molar-refractivity contribution in [1.29, 1.82) is 0 Å². The molecule has 0 radical (unpaired) electrons. The first-order valence-corrected chi connectivity index (χ1v) is 11.6. The summed E-state index contributed by atoms with van der Waals surface area (Å²) in [4.78, 5) is 19.1. The maximum Gasteiger partial charge on any atom is 0.225 e. The Morgan fingerprint density at radius 1 is 1.16 bits per heavy atom. The first-order valence-electron chi connectivity index (χ1n) is 11.6. The van der Waals surface area contributed by atoms with Gasteiger partial charge in [-0.05, 0) is 37.7 Å². The number of ether oxygens (including phenoxy) is 1. The number of guanidine groups is 1. The van der Waals surface area contributed by atoms with Crippen molar-refractivity contribution in [3.63, 3.8) is 0 Å². The summed E-state index contributed by atoms with van der Waals surface area (Å²) in [6.45, 7) is 7.51. The van der Waals surface area contributed by atoms with E-state index in [1.165, 1.54) is 5.56 Å². The Morgan fingerprint density at radius 3 is 2.45 bits per heavy atom. The Kier molecular flexibility index (Phi) is 11.1. The van der Waals surface area contributed by atoms with E-state index in [2.05, 4.69) is 53.7 Å². The fourth-order valence-electron chi connectivity index (χ4n) is 4.61. The number of carbonyl (C=O) groups excluding carboxylic acids is 1. The highest BCUT2D eigenvalue weighted by Gasteiger charge is 2.30. The van der Waals surface area contributed by atoms with Crippen LogP contribution in [0.25, 0.3) is 0 Å². The number of carbonyl (C=O) groups is 1. The average Bonchev–Trinajstić information content (AvgIpc) is 3.27. The van der Waals surface area contributed by atoms with Gasteiger partial charge in [-0.1, -0.05) is 44.2 Å². The fraction of sp³-hybridized carbons (Fsp3) is 0.667. The van der Waals surface area contributed by atoms with Gasteiger partial charge in [0.05, 0.1) is 6.10 Å². The predicted molar refractivity (Wildman–Crippen MR) is 137 cm³/mol. The molecular formula is C24H39IN4O2. The quantitative estimate of drug-likeness (QED) is 0.311. The third-order valence-electron chi connectivity index (χ3n) is 6.58. The number of piperidine rings is 1. The van der Waals surface area contributed by atoms with Crippen molar-refractivity contribution in [2.75, 3.05) is 33.3 Å². The molecule has 1 aromatic rings. The monoisotopic (exact) mass is 542 g/mol. The van der Waals surface area contributed by atoms with Gasteiger partial charge in [0.15, 0.2) is 5.96 Å². The van der Waals surface area contributed by atoms with E-state index in [1.54, 1.807) is 0 Å². The molecule has 7 heteroatoms. The number of aliphatic imine (C=N–C) groups is 1. The number of nitrogens with zero attached hydrogens (tertiary/aromatic N) is 2. The zero-order chi connectivity index (χ0) is 21.3. The van der Waals surface area contributed by atoms with Gasteiger partial charge in [0.1, 0.15) is 0 Å². The minimum Gasteiger partial charge on any atom is -0.373 e. The lowest BCUT2D eigenvalue weighted by atomic mass is 9.95. The van der Waals surface area contributed by atoms with Crippen LogP contribution in [0.3, 0.4) is 0 Å². The van der Waals surface area contributed by atoms with Crippen molar-refractivity contribution >= 4 is 35.8 Å². The summed E-state index contributed by atoms with van der Waals surface area (Å²) in [6, 6.07) is 10.8. The minimum absolute atomic E-state index is 0. The molecule has 2 heterocycles. The number of hydrogen-bond donors (Lipinski definition) is 2. The lowest BCUT2D eigenvalue weighted by Gasteiger charge is -2.35. The molecule has 6 nitrogen and oxygen atoms in total. The molecule has 0 aliphatic carbocycles. The highest BCUT2D eigenvalue weighted by atomic mass is 127. The van der Waals surface area contributed by atoms with Crippen LogP contribution in [0.2, 0.25) is 0 Å². The number of hydrogen-bond acceptors (Lipinski definition) is 3. The number of amides is 1. The van der Waals surface area contributed by atoms with Crippen LogP contribution in [0.1, 0.15) is 57.6 Å². The van der Waals surface area contributed by atoms with Gasteiger partial charge >= 0.3 is 0 Å². The first kappa shape index (κ1) is 25.9. The van der Waals surface area contributed by atoms with Crippen molar-refractivity contribution < 1.29 is 9.53 Å². The number of nitrogens with one attached hydrogen (secondary N) is 2. The van der Waals surface area contributed by atoms with Gasteiger partial charge < -0.3 is 20.3 Å². The minimum atomic E-state index is 0. The standard InChI is InChI=1S/C24H38N4O2.HI/c1-4-18(5-2)23(29)28-14-11-21(12-15-28)27-24(25-3)26-17-20-13-16-30-22(20)19-9-7-6-8-10-19;/h6-10,18,20-22H,4-5,11-17H2,1-3H3,(H2,25,26,27);1H.